The van der Waals surface area contributed by atoms with E-state index in [9.17, 15) is 24.0 Å². The molecule has 4 amide bonds. The van der Waals surface area contributed by atoms with Crippen LogP contribution in [0.4, 0.5) is 15.2 Å². The Morgan fingerprint density at radius 1 is 1.03 bits per heavy atom. The Labute approximate surface area is 372 Å². The van der Waals surface area contributed by atoms with Crippen molar-refractivity contribution in [3.8, 4) is 11.8 Å². The average molecular weight is 894 g/mol. The van der Waals surface area contributed by atoms with Crippen LogP contribution in [-0.2, 0) is 26.3 Å². The molecule has 4 aromatic rings. The molecular weight excluding hydrogens is 851 g/mol. The second-order valence-electron chi connectivity index (χ2n) is 16.7. The molecule has 3 fully saturated rings. The third-order valence-electron chi connectivity index (χ3n) is 13.2. The zero-order valence-electron chi connectivity index (χ0n) is 33.7. The van der Waals surface area contributed by atoms with E-state index in [1.807, 2.05) is 6.07 Å². The lowest BCUT2D eigenvalue weighted by atomic mass is 9.55. The smallest absolute Gasteiger partial charge is 0.255 e. The number of thiazole rings is 1. The van der Waals surface area contributed by atoms with E-state index in [4.69, 9.17) is 23.2 Å². The molecule has 0 bridgehead atoms. The lowest BCUT2D eigenvalue weighted by Crippen LogP contribution is -2.60. The van der Waals surface area contributed by atoms with Crippen LogP contribution in [0.3, 0.4) is 0 Å². The van der Waals surface area contributed by atoms with Gasteiger partial charge >= 0.3 is 0 Å². The molecule has 9 rings (SSSR count). The molecule has 2 spiro atoms. The summed E-state index contributed by atoms with van der Waals surface area (Å²) in [4.78, 5) is 74.6. The number of piperidine rings is 1. The highest BCUT2D eigenvalue weighted by Crippen LogP contribution is 2.63. The molecule has 318 valence electrons. The van der Waals surface area contributed by atoms with Crippen LogP contribution in [0.25, 0.3) is 0 Å². The second kappa shape index (κ2) is 16.7. The summed E-state index contributed by atoms with van der Waals surface area (Å²) in [7, 11) is 0. The van der Waals surface area contributed by atoms with Gasteiger partial charge in [-0.1, -0.05) is 96.5 Å². The summed E-state index contributed by atoms with van der Waals surface area (Å²) in [5.41, 5.74) is 1.84. The van der Waals surface area contributed by atoms with Crippen LogP contribution in [0.15, 0.2) is 73.1 Å². The number of benzene rings is 3. The monoisotopic (exact) mass is 892 g/mol. The number of nitrogens with zero attached hydrogens (tertiary/aromatic N) is 2. The number of fused-ring (bicyclic) bond motifs is 4. The Morgan fingerprint density at radius 3 is 2.65 bits per heavy atom. The Balaban J connectivity index is 0.871. The van der Waals surface area contributed by atoms with Gasteiger partial charge in [-0.05, 0) is 85.5 Å². The molecule has 11 nitrogen and oxygen atoms in total. The van der Waals surface area contributed by atoms with E-state index < -0.39 is 40.7 Å². The maximum Gasteiger partial charge on any atom is 0.255 e. The summed E-state index contributed by atoms with van der Waals surface area (Å²) in [5.74, 6) is 3.33. The number of anilines is 2. The fraction of sp³-hybridized carbons (Fsp3) is 0.362. The van der Waals surface area contributed by atoms with E-state index in [2.05, 4.69) is 44.7 Å². The molecule has 5 aliphatic rings. The van der Waals surface area contributed by atoms with Crippen molar-refractivity contribution in [2.75, 3.05) is 10.6 Å². The van der Waals surface area contributed by atoms with Crippen molar-refractivity contribution in [3.63, 3.8) is 0 Å². The fourth-order valence-electron chi connectivity index (χ4n) is 10.4. The Hall–Kier alpha value is -5.39. The van der Waals surface area contributed by atoms with Crippen LogP contribution in [0.1, 0.15) is 119 Å². The number of nitrogens with one attached hydrogen (secondary N) is 4. The predicted molar refractivity (Wildman–Crippen MR) is 236 cm³/mol. The lowest BCUT2D eigenvalue weighted by Gasteiger charge is -2.47. The first-order valence-electron chi connectivity index (χ1n) is 21.0. The molecular formula is C47H43Cl2FN6O5S. The Kier molecular flexibility index (Phi) is 11.3. The van der Waals surface area contributed by atoms with Crippen molar-refractivity contribution in [2.45, 2.75) is 106 Å². The van der Waals surface area contributed by atoms with Crippen LogP contribution in [0.2, 0.25) is 10.0 Å². The number of ketones is 1. The molecule has 4 aliphatic heterocycles. The summed E-state index contributed by atoms with van der Waals surface area (Å²) >= 11 is 13.8. The number of unbranched alkanes of at least 4 members (excludes halogenated alkanes) is 2. The Bertz CT molecular complexity index is 2630. The van der Waals surface area contributed by atoms with Gasteiger partial charge in [-0.15, -0.1) is 0 Å². The summed E-state index contributed by atoms with van der Waals surface area (Å²) in [5, 5.41) is 12.8. The van der Waals surface area contributed by atoms with Gasteiger partial charge in [0.2, 0.25) is 17.7 Å². The van der Waals surface area contributed by atoms with Crippen LogP contribution < -0.4 is 21.3 Å². The van der Waals surface area contributed by atoms with Crippen molar-refractivity contribution >= 4 is 74.8 Å². The molecule has 1 aromatic heterocycles. The molecule has 15 heteroatoms. The van der Waals surface area contributed by atoms with Gasteiger partial charge in [0, 0.05) is 58.4 Å². The average Bonchev–Trinajstić information content (AvgIpc) is 4.00. The highest BCUT2D eigenvalue weighted by Gasteiger charge is 2.72. The molecule has 62 heavy (non-hydrogen) atoms. The van der Waals surface area contributed by atoms with Crippen molar-refractivity contribution in [1.29, 1.82) is 0 Å². The van der Waals surface area contributed by atoms with Crippen molar-refractivity contribution in [3.05, 3.63) is 122 Å². The predicted octanol–water partition coefficient (Wildman–Crippen LogP) is 8.42. The number of halogens is 3. The van der Waals surface area contributed by atoms with Gasteiger partial charge in [0.25, 0.3) is 5.91 Å². The van der Waals surface area contributed by atoms with E-state index in [1.54, 1.807) is 47.4 Å². The molecule has 0 radical (unpaired) electrons. The van der Waals surface area contributed by atoms with Crippen molar-refractivity contribution in [2.24, 2.45) is 0 Å². The van der Waals surface area contributed by atoms with Gasteiger partial charge in [0.05, 0.1) is 22.1 Å². The number of allylic oxidation sites excluding steroid dienone is 1. The Morgan fingerprint density at radius 2 is 1.84 bits per heavy atom. The number of hydrogen-bond donors (Lipinski definition) is 4. The van der Waals surface area contributed by atoms with E-state index in [-0.39, 0.29) is 45.6 Å². The number of carbonyl (C=O) groups excluding carboxylic acids is 5. The zero-order chi connectivity index (χ0) is 43.3. The van der Waals surface area contributed by atoms with Gasteiger partial charge in [-0.2, -0.15) is 0 Å². The van der Waals surface area contributed by atoms with Gasteiger partial charge in [0.15, 0.2) is 10.9 Å². The first-order chi connectivity index (χ1) is 29.9. The van der Waals surface area contributed by atoms with Crippen molar-refractivity contribution < 1.29 is 28.4 Å². The van der Waals surface area contributed by atoms with Crippen LogP contribution in [0, 0.1) is 17.7 Å². The first kappa shape index (κ1) is 41.9. The fourth-order valence-corrected chi connectivity index (χ4v) is 11.6. The third kappa shape index (κ3) is 7.11. The van der Waals surface area contributed by atoms with Gasteiger partial charge in [-0.3, -0.25) is 29.3 Å². The normalized spacial score (nSPS) is 23.5. The van der Waals surface area contributed by atoms with Crippen LogP contribution >= 0.6 is 34.5 Å². The summed E-state index contributed by atoms with van der Waals surface area (Å²) in [6.45, 7) is 4.15. The molecule has 1 saturated carbocycles. The molecule has 1 aliphatic carbocycles. The van der Waals surface area contributed by atoms with E-state index >= 15 is 4.39 Å². The minimum atomic E-state index is -1.37. The van der Waals surface area contributed by atoms with Crippen LogP contribution in [-0.4, -0.2) is 56.9 Å². The number of aromatic nitrogens is 1. The molecule has 4 N–H and O–H groups in total. The largest absolute Gasteiger partial charge is 0.329 e. The maximum absolute atomic E-state index is 16.2. The standard InChI is InChI=1S/C47H43Cl2FN6O5S/c1-26-17-20-35(41(58)52-26)56-25-31-27(12-9-13-29(31)43(56)60)11-5-2-3-6-16-36(57)37-24-51-45(62-37)54-42(59)40-38(30-14-10-15-33(49)39(30)50)47(46(55-40)21-7-4-8-22-46)32-19-18-28(48)23-34(32)53-44(47)61/h9-10,12-15,18-19,23-24,35,38,40,55H,1-4,6-8,16-17,20-22,25H2,(H,52,58)(H,53,61)(H,51,54,59)/t35?,38-,40+,47+/m0/s1. The minimum Gasteiger partial charge on any atom is -0.329 e. The van der Waals surface area contributed by atoms with Gasteiger partial charge < -0.3 is 20.9 Å². The number of rotatable bonds is 9. The first-order valence-corrected chi connectivity index (χ1v) is 22.5. The van der Waals surface area contributed by atoms with E-state index in [1.165, 1.54) is 12.3 Å². The number of Topliss-reactive ketones (excluding diaryl/α,β-unsaturated/α-hetero) is 1. The van der Waals surface area contributed by atoms with Gasteiger partial charge in [-0.25, -0.2) is 9.37 Å². The van der Waals surface area contributed by atoms with Gasteiger partial charge in [0.1, 0.15) is 17.3 Å². The number of amides is 4. The molecule has 5 heterocycles. The van der Waals surface area contributed by atoms with E-state index in [0.29, 0.717) is 83.9 Å². The second-order valence-corrected chi connectivity index (χ2v) is 18.6. The highest BCUT2D eigenvalue weighted by atomic mass is 35.5. The molecule has 1 unspecified atom stereocenters. The molecule has 2 saturated heterocycles. The van der Waals surface area contributed by atoms with Crippen LogP contribution in [0.5, 0.6) is 0 Å². The van der Waals surface area contributed by atoms with E-state index in [0.717, 1.165) is 41.7 Å². The summed E-state index contributed by atoms with van der Waals surface area (Å²) in [6, 6.07) is 13.7. The zero-order valence-corrected chi connectivity index (χ0v) is 36.0. The number of carbonyl (C=O) groups is 5. The van der Waals surface area contributed by atoms with Crippen molar-refractivity contribution in [1.82, 2.24) is 20.5 Å². The third-order valence-corrected chi connectivity index (χ3v) is 14.7. The summed E-state index contributed by atoms with van der Waals surface area (Å²) in [6.07, 6.45) is 8.37. The maximum atomic E-state index is 16.2. The summed E-state index contributed by atoms with van der Waals surface area (Å²) < 4.78 is 16.2. The quantitative estimate of drug-likeness (QED) is 0.0749. The molecule has 3 aromatic carbocycles. The highest BCUT2D eigenvalue weighted by molar-refractivity contribution is 7.17. The SMILES string of the molecule is C=C1CCC(N2Cc3c(C#CCCCCC(=O)c4cnc(NC(=O)[C@@H]5NC6(CCCCC6)[C@@]6(C(=O)Nc7cc(Cl)ccc76)[C@H]5c5cccc(Cl)c5F)s4)cccc3C2=O)C(=O)N1. The topological polar surface area (TPSA) is 150 Å². The number of hydrogen-bond acceptors (Lipinski definition) is 8. The lowest BCUT2D eigenvalue weighted by molar-refractivity contribution is -0.126. The minimum absolute atomic E-state index is 0.116. The molecule has 4 atom stereocenters.